The Hall–Kier alpha value is -0.700. The molecular formula is C12H7I2N3. The first-order valence-corrected chi connectivity index (χ1v) is 7.05. The Balaban J connectivity index is 2.28. The predicted molar refractivity (Wildman–Crippen MR) is 85.1 cm³/mol. The van der Waals surface area contributed by atoms with Gasteiger partial charge in [-0.05, 0) is 28.7 Å². The number of nitrogens with zero attached hydrogens (tertiary/aromatic N) is 3. The van der Waals surface area contributed by atoms with Crippen LogP contribution in [0.15, 0.2) is 42.6 Å². The molecule has 0 N–H and O–H groups in total. The van der Waals surface area contributed by atoms with Gasteiger partial charge in [-0.1, -0.05) is 30.3 Å². The van der Waals surface area contributed by atoms with Crippen LogP contribution in [0.4, 0.5) is 0 Å². The minimum Gasteiger partial charge on any atom is -0.248 e. The van der Waals surface area contributed by atoms with Gasteiger partial charge in [0, 0.05) is 15.3 Å². The lowest BCUT2D eigenvalue weighted by Crippen LogP contribution is -1.86. The summed E-state index contributed by atoms with van der Waals surface area (Å²) in [4.78, 5) is 9.04. The molecule has 0 aliphatic carbocycles. The first-order valence-electron chi connectivity index (χ1n) is 5.01. The number of hydrogen-bond acceptors (Lipinski definition) is 2. The molecule has 0 spiro atoms. The number of hydrogen-bond donors (Lipinski definition) is 0. The summed E-state index contributed by atoms with van der Waals surface area (Å²) in [5, 5.41) is 0. The fraction of sp³-hybridized carbons (Fsp3) is 0. The zero-order chi connectivity index (χ0) is 11.8. The van der Waals surface area contributed by atoms with Gasteiger partial charge >= 0.3 is 0 Å². The molecule has 0 unspecified atom stereocenters. The van der Waals surface area contributed by atoms with Crippen LogP contribution in [0, 0.1) is 3.57 Å². The van der Waals surface area contributed by atoms with Gasteiger partial charge in [-0.25, -0.2) is 12.7 Å². The summed E-state index contributed by atoms with van der Waals surface area (Å²) in [7, 11) is 0. The summed E-state index contributed by atoms with van der Waals surface area (Å²) in [6.45, 7) is 0. The third-order valence-corrected chi connectivity index (χ3v) is 3.95. The second kappa shape index (κ2) is 4.52. The number of aromatic nitrogens is 3. The summed E-state index contributed by atoms with van der Waals surface area (Å²) in [5.41, 5.74) is 2.95. The SMILES string of the molecule is Ic1cnc2c(c1)nc(-c1ccccc1)n2I. The van der Waals surface area contributed by atoms with Crippen molar-refractivity contribution < 1.29 is 0 Å². The van der Waals surface area contributed by atoms with Crippen LogP contribution in [0.3, 0.4) is 0 Å². The highest BCUT2D eigenvalue weighted by Gasteiger charge is 2.11. The average molecular weight is 447 g/mol. The Morgan fingerprint density at radius 3 is 2.65 bits per heavy atom. The second-order valence-corrected chi connectivity index (χ2v) is 5.79. The average Bonchev–Trinajstić information content (AvgIpc) is 2.67. The highest BCUT2D eigenvalue weighted by Crippen LogP contribution is 2.26. The molecular weight excluding hydrogens is 440 g/mol. The van der Waals surface area contributed by atoms with Crippen molar-refractivity contribution in [1.29, 1.82) is 0 Å². The van der Waals surface area contributed by atoms with Crippen LogP contribution >= 0.6 is 45.5 Å². The van der Waals surface area contributed by atoms with Crippen LogP contribution in [0.5, 0.6) is 0 Å². The third kappa shape index (κ3) is 2.05. The van der Waals surface area contributed by atoms with Gasteiger partial charge in [0.05, 0.1) is 22.9 Å². The van der Waals surface area contributed by atoms with Gasteiger partial charge < -0.3 is 0 Å². The minimum atomic E-state index is 0.907. The minimum absolute atomic E-state index is 0.907. The highest BCUT2D eigenvalue weighted by atomic mass is 127. The fourth-order valence-electron chi connectivity index (χ4n) is 1.68. The van der Waals surface area contributed by atoms with Crippen molar-refractivity contribution >= 4 is 56.6 Å². The quantitative estimate of drug-likeness (QED) is 0.531. The van der Waals surface area contributed by atoms with Crippen molar-refractivity contribution in [2.75, 3.05) is 0 Å². The lowest BCUT2D eigenvalue weighted by atomic mass is 10.2. The number of pyridine rings is 1. The van der Waals surface area contributed by atoms with Crippen LogP contribution in [0.2, 0.25) is 0 Å². The Morgan fingerprint density at radius 2 is 1.88 bits per heavy atom. The van der Waals surface area contributed by atoms with Gasteiger partial charge in [0.15, 0.2) is 11.5 Å². The van der Waals surface area contributed by atoms with E-state index in [1.165, 1.54) is 0 Å². The Bertz CT molecular complexity index is 677. The molecule has 0 fully saturated rings. The van der Waals surface area contributed by atoms with Gasteiger partial charge in [-0.3, -0.25) is 0 Å². The largest absolute Gasteiger partial charge is 0.248 e. The van der Waals surface area contributed by atoms with Crippen molar-refractivity contribution in [2.24, 2.45) is 0 Å². The third-order valence-electron chi connectivity index (χ3n) is 2.44. The van der Waals surface area contributed by atoms with Crippen LogP contribution < -0.4 is 0 Å². The van der Waals surface area contributed by atoms with Crippen LogP contribution in [-0.4, -0.2) is 12.7 Å². The molecule has 0 aliphatic rings. The summed E-state index contributed by atoms with van der Waals surface area (Å²) in [6, 6.07) is 12.2. The Labute approximate surface area is 126 Å². The first kappa shape index (κ1) is 11.4. The molecule has 3 nitrogen and oxygen atoms in total. The molecule has 5 heteroatoms. The molecule has 2 aromatic heterocycles. The van der Waals surface area contributed by atoms with Gasteiger partial charge in [0.25, 0.3) is 0 Å². The van der Waals surface area contributed by atoms with E-state index in [9.17, 15) is 0 Å². The van der Waals surface area contributed by atoms with E-state index < -0.39 is 0 Å². The number of halogens is 2. The summed E-state index contributed by atoms with van der Waals surface area (Å²) >= 11 is 4.49. The number of rotatable bonds is 1. The molecule has 3 rings (SSSR count). The molecule has 0 atom stereocenters. The van der Waals surface area contributed by atoms with Crippen molar-refractivity contribution in [3.8, 4) is 11.4 Å². The maximum Gasteiger partial charge on any atom is 0.169 e. The summed E-state index contributed by atoms with van der Waals surface area (Å²) in [6.07, 6.45) is 1.86. The van der Waals surface area contributed by atoms with Crippen molar-refractivity contribution in [3.63, 3.8) is 0 Å². The second-order valence-electron chi connectivity index (χ2n) is 3.58. The molecule has 1 aromatic carbocycles. The van der Waals surface area contributed by atoms with E-state index in [1.54, 1.807) is 0 Å². The van der Waals surface area contributed by atoms with Crippen LogP contribution in [0.25, 0.3) is 22.6 Å². The molecule has 17 heavy (non-hydrogen) atoms. The summed E-state index contributed by atoms with van der Waals surface area (Å²) < 4.78 is 3.10. The normalized spacial score (nSPS) is 10.9. The van der Waals surface area contributed by atoms with Gasteiger partial charge in [-0.15, -0.1) is 0 Å². The molecule has 3 aromatic rings. The van der Waals surface area contributed by atoms with E-state index in [0.29, 0.717) is 0 Å². The molecule has 0 aliphatic heterocycles. The van der Waals surface area contributed by atoms with Crippen molar-refractivity contribution in [2.45, 2.75) is 0 Å². The van der Waals surface area contributed by atoms with Gasteiger partial charge in [0.2, 0.25) is 0 Å². The summed E-state index contributed by atoms with van der Waals surface area (Å²) in [5.74, 6) is 0.940. The molecule has 0 bridgehead atoms. The molecule has 2 heterocycles. The number of imidazole rings is 1. The van der Waals surface area contributed by atoms with E-state index in [0.717, 1.165) is 26.1 Å². The lowest BCUT2D eigenvalue weighted by molar-refractivity contribution is 1.27. The number of benzene rings is 1. The van der Waals surface area contributed by atoms with Gasteiger partial charge in [0.1, 0.15) is 5.52 Å². The lowest BCUT2D eigenvalue weighted by Gasteiger charge is -1.98. The fourth-order valence-corrected chi connectivity index (χ4v) is 2.87. The molecule has 84 valence electrons. The molecule has 0 saturated carbocycles. The smallest absolute Gasteiger partial charge is 0.169 e. The predicted octanol–water partition coefficient (Wildman–Crippen LogP) is 3.90. The van der Waals surface area contributed by atoms with E-state index in [2.05, 4.69) is 67.6 Å². The van der Waals surface area contributed by atoms with E-state index >= 15 is 0 Å². The maximum atomic E-state index is 4.63. The highest BCUT2D eigenvalue weighted by molar-refractivity contribution is 14.1. The van der Waals surface area contributed by atoms with Crippen molar-refractivity contribution in [1.82, 2.24) is 12.7 Å². The van der Waals surface area contributed by atoms with E-state index in [1.807, 2.05) is 33.2 Å². The maximum absolute atomic E-state index is 4.63. The van der Waals surface area contributed by atoms with E-state index in [-0.39, 0.29) is 0 Å². The number of fused-ring (bicyclic) bond motifs is 1. The zero-order valence-electron chi connectivity index (χ0n) is 8.64. The molecule has 0 radical (unpaired) electrons. The van der Waals surface area contributed by atoms with Gasteiger partial charge in [-0.2, -0.15) is 0 Å². The Kier molecular flexibility index (Phi) is 3.03. The zero-order valence-corrected chi connectivity index (χ0v) is 13.0. The van der Waals surface area contributed by atoms with Crippen molar-refractivity contribution in [3.05, 3.63) is 46.2 Å². The van der Waals surface area contributed by atoms with Crippen LogP contribution in [-0.2, 0) is 0 Å². The molecule has 0 amide bonds. The Morgan fingerprint density at radius 1 is 1.12 bits per heavy atom. The molecule has 0 saturated heterocycles. The van der Waals surface area contributed by atoms with E-state index in [4.69, 9.17) is 0 Å². The first-order chi connectivity index (χ1) is 8.25. The topological polar surface area (TPSA) is 30.7 Å². The monoisotopic (exact) mass is 447 g/mol. The standard InChI is InChI=1S/C12H7I2N3/c13-9-6-10-12(15-7-9)17(14)11(16-10)8-4-2-1-3-5-8/h1-7H. The van der Waals surface area contributed by atoms with Crippen LogP contribution in [0.1, 0.15) is 0 Å².